The van der Waals surface area contributed by atoms with Crippen molar-refractivity contribution in [3.63, 3.8) is 0 Å². The van der Waals surface area contributed by atoms with Crippen LogP contribution in [0.5, 0.6) is 0 Å². The number of Topliss-reactive ketones (excluding diaryl/α,β-unsaturated/α-hetero) is 1. The van der Waals surface area contributed by atoms with Crippen molar-refractivity contribution in [3.05, 3.63) is 72.3 Å². The Hall–Kier alpha value is -4.01. The van der Waals surface area contributed by atoms with Gasteiger partial charge in [0, 0.05) is 48.9 Å². The summed E-state index contributed by atoms with van der Waals surface area (Å²) in [6.45, 7) is 4.99. The Morgan fingerprint density at radius 3 is 2.35 bits per heavy atom. The first-order valence-electron chi connectivity index (χ1n) is 10.9. The van der Waals surface area contributed by atoms with Gasteiger partial charge in [-0.1, -0.05) is 30.3 Å². The summed E-state index contributed by atoms with van der Waals surface area (Å²) in [6, 6.07) is 11.4. The Morgan fingerprint density at radius 2 is 1.76 bits per heavy atom. The summed E-state index contributed by atoms with van der Waals surface area (Å²) in [6.07, 6.45) is 4.58. The molecule has 9 heteroatoms. The number of benzene rings is 1. The van der Waals surface area contributed by atoms with Gasteiger partial charge in [-0.2, -0.15) is 0 Å². The third kappa shape index (κ3) is 6.99. The van der Waals surface area contributed by atoms with E-state index < -0.39 is 23.6 Å². The summed E-state index contributed by atoms with van der Waals surface area (Å²) in [7, 11) is 1.89. The van der Waals surface area contributed by atoms with Crippen LogP contribution in [0.3, 0.4) is 0 Å². The number of carbonyl (C=O) groups is 3. The van der Waals surface area contributed by atoms with Gasteiger partial charge in [0.2, 0.25) is 5.91 Å². The summed E-state index contributed by atoms with van der Waals surface area (Å²) in [5.41, 5.74) is 1.24. The maximum atomic E-state index is 12.9. The maximum absolute atomic E-state index is 12.9. The Balaban J connectivity index is 1.63. The number of hydrogen-bond acceptors (Lipinski definition) is 6. The van der Waals surface area contributed by atoms with Gasteiger partial charge in [0.05, 0.1) is 6.54 Å². The summed E-state index contributed by atoms with van der Waals surface area (Å²) in [5, 5.41) is 5.20. The molecule has 0 aliphatic heterocycles. The molecule has 0 bridgehead atoms. The second-order valence-corrected chi connectivity index (χ2v) is 8.80. The number of nitrogens with one attached hydrogen (secondary N) is 2. The van der Waals surface area contributed by atoms with Gasteiger partial charge in [-0.15, -0.1) is 0 Å². The molecule has 0 saturated heterocycles. The number of amides is 2. The molecule has 34 heavy (non-hydrogen) atoms. The number of aryl methyl sites for hydroxylation is 1. The molecule has 9 nitrogen and oxygen atoms in total. The molecule has 0 spiro atoms. The number of alkyl carbamates (subject to hydrolysis) is 1. The number of aromatic nitrogens is 3. The highest BCUT2D eigenvalue weighted by Crippen LogP contribution is 2.17. The van der Waals surface area contributed by atoms with Crippen molar-refractivity contribution in [1.29, 1.82) is 0 Å². The van der Waals surface area contributed by atoms with E-state index in [1.165, 1.54) is 0 Å². The maximum Gasteiger partial charge on any atom is 0.408 e. The fraction of sp³-hybridized carbons (Fsp3) is 0.320. The van der Waals surface area contributed by atoms with Crippen molar-refractivity contribution in [3.8, 4) is 11.4 Å². The van der Waals surface area contributed by atoms with Crippen molar-refractivity contribution in [1.82, 2.24) is 25.2 Å². The zero-order chi connectivity index (χ0) is 24.7. The summed E-state index contributed by atoms with van der Waals surface area (Å²) in [4.78, 5) is 46.3. The molecule has 0 radical (unpaired) electrons. The lowest BCUT2D eigenvalue weighted by atomic mass is 10.1. The number of nitrogens with zero attached hydrogens (tertiary/aromatic N) is 3. The summed E-state index contributed by atoms with van der Waals surface area (Å²) < 4.78 is 7.16. The van der Waals surface area contributed by atoms with Gasteiger partial charge in [0.1, 0.15) is 17.5 Å². The van der Waals surface area contributed by atoms with Gasteiger partial charge in [-0.3, -0.25) is 14.6 Å². The predicted octanol–water partition coefficient (Wildman–Crippen LogP) is 2.92. The first-order valence-corrected chi connectivity index (χ1v) is 10.9. The molecule has 1 atom stereocenters. The van der Waals surface area contributed by atoms with Crippen LogP contribution in [-0.2, 0) is 23.0 Å². The van der Waals surface area contributed by atoms with Gasteiger partial charge in [-0.25, -0.2) is 9.78 Å². The number of pyridine rings is 1. The van der Waals surface area contributed by atoms with Crippen LogP contribution >= 0.6 is 0 Å². The Labute approximate surface area is 198 Å². The van der Waals surface area contributed by atoms with Crippen molar-refractivity contribution >= 4 is 17.8 Å². The zero-order valence-corrected chi connectivity index (χ0v) is 19.7. The lowest BCUT2D eigenvalue weighted by Gasteiger charge is -2.23. The largest absolute Gasteiger partial charge is 0.444 e. The molecule has 0 aliphatic rings. The molecular formula is C25H29N5O4. The minimum Gasteiger partial charge on any atom is -0.444 e. The van der Waals surface area contributed by atoms with E-state index in [1.807, 2.05) is 29.9 Å². The van der Waals surface area contributed by atoms with E-state index >= 15 is 0 Å². The molecule has 2 aromatic heterocycles. The molecule has 3 aromatic rings. The lowest BCUT2D eigenvalue weighted by Crippen LogP contribution is -2.50. The van der Waals surface area contributed by atoms with Crippen LogP contribution in [0.2, 0.25) is 0 Å². The van der Waals surface area contributed by atoms with Crippen LogP contribution in [0.4, 0.5) is 4.79 Å². The van der Waals surface area contributed by atoms with E-state index in [0.717, 1.165) is 11.4 Å². The molecule has 0 fully saturated rings. The average molecular weight is 464 g/mol. The number of rotatable bonds is 8. The monoisotopic (exact) mass is 463 g/mol. The Bertz CT molecular complexity index is 1130. The van der Waals surface area contributed by atoms with Crippen LogP contribution in [-0.4, -0.2) is 50.5 Å². The van der Waals surface area contributed by atoms with Crippen LogP contribution in [0.25, 0.3) is 11.4 Å². The lowest BCUT2D eigenvalue weighted by molar-refractivity contribution is -0.123. The second-order valence-electron chi connectivity index (χ2n) is 8.80. The van der Waals surface area contributed by atoms with Gasteiger partial charge in [0.15, 0.2) is 5.78 Å². The number of hydrogen-bond donors (Lipinski definition) is 2. The zero-order valence-electron chi connectivity index (χ0n) is 19.7. The summed E-state index contributed by atoms with van der Waals surface area (Å²) >= 11 is 0. The normalized spacial score (nSPS) is 12.0. The molecule has 178 valence electrons. The number of ketones is 1. The van der Waals surface area contributed by atoms with Crippen molar-refractivity contribution in [2.45, 2.75) is 38.8 Å². The molecule has 3 rings (SSSR count). The van der Waals surface area contributed by atoms with Gasteiger partial charge in [0.25, 0.3) is 0 Å². The fourth-order valence-electron chi connectivity index (χ4n) is 3.23. The van der Waals surface area contributed by atoms with Gasteiger partial charge < -0.3 is 19.9 Å². The van der Waals surface area contributed by atoms with Gasteiger partial charge >= 0.3 is 6.09 Å². The standard InChI is InChI=1S/C25H29N5O4/c1-25(2,3)34-24(33)29-20(15-19-7-5-6-12-26-19)23(32)28-16-21(31)17-8-10-18(11-9-17)22-27-13-14-30(22)4/h5-14,20H,15-16H2,1-4H3,(H,28,32)(H,29,33)/t20-/m0/s1. The predicted molar refractivity (Wildman–Crippen MR) is 127 cm³/mol. The molecule has 0 saturated carbocycles. The smallest absolute Gasteiger partial charge is 0.408 e. The molecule has 2 heterocycles. The summed E-state index contributed by atoms with van der Waals surface area (Å²) in [5.74, 6) is 0.0287. The highest BCUT2D eigenvalue weighted by molar-refractivity contribution is 6.00. The first kappa shape index (κ1) is 24.6. The van der Waals surface area contributed by atoms with Gasteiger partial charge in [-0.05, 0) is 32.9 Å². The van der Waals surface area contributed by atoms with Crippen LogP contribution in [0.1, 0.15) is 36.8 Å². The third-order valence-electron chi connectivity index (χ3n) is 4.86. The van der Waals surface area contributed by atoms with Crippen molar-refractivity contribution < 1.29 is 19.1 Å². The minimum absolute atomic E-state index is 0.151. The fourth-order valence-corrected chi connectivity index (χ4v) is 3.23. The van der Waals surface area contributed by atoms with Crippen molar-refractivity contribution in [2.75, 3.05) is 6.54 Å². The van der Waals surface area contributed by atoms with E-state index in [1.54, 1.807) is 63.5 Å². The number of ether oxygens (including phenoxy) is 1. The van der Waals surface area contributed by atoms with Crippen molar-refractivity contribution in [2.24, 2.45) is 7.05 Å². The van der Waals surface area contributed by atoms with E-state index in [2.05, 4.69) is 20.6 Å². The molecule has 2 N–H and O–H groups in total. The highest BCUT2D eigenvalue weighted by Gasteiger charge is 2.25. The Kier molecular flexibility index (Phi) is 7.78. The molecular weight excluding hydrogens is 434 g/mol. The minimum atomic E-state index is -0.955. The van der Waals surface area contributed by atoms with Crippen LogP contribution < -0.4 is 10.6 Å². The average Bonchev–Trinajstić information content (AvgIpc) is 3.22. The quantitative estimate of drug-likeness (QED) is 0.497. The molecule has 2 amide bonds. The first-order chi connectivity index (χ1) is 16.1. The van der Waals surface area contributed by atoms with E-state index in [9.17, 15) is 14.4 Å². The molecule has 0 unspecified atom stereocenters. The number of carbonyl (C=O) groups excluding carboxylic acids is 3. The van der Waals surface area contributed by atoms with E-state index in [-0.39, 0.29) is 18.7 Å². The number of imidazole rings is 1. The highest BCUT2D eigenvalue weighted by atomic mass is 16.6. The van der Waals surface area contributed by atoms with E-state index in [0.29, 0.717) is 11.3 Å². The third-order valence-corrected chi connectivity index (χ3v) is 4.86. The Morgan fingerprint density at radius 1 is 1.03 bits per heavy atom. The second kappa shape index (κ2) is 10.7. The SMILES string of the molecule is Cn1ccnc1-c1ccc(C(=O)CNC(=O)[C@H](Cc2ccccn2)NC(=O)OC(C)(C)C)cc1. The van der Waals surface area contributed by atoms with E-state index in [4.69, 9.17) is 4.74 Å². The molecule has 0 aliphatic carbocycles. The topological polar surface area (TPSA) is 115 Å². The van der Waals surface area contributed by atoms with Crippen LogP contribution in [0, 0.1) is 0 Å². The van der Waals surface area contributed by atoms with Crippen LogP contribution in [0.15, 0.2) is 61.1 Å². The molecule has 1 aromatic carbocycles.